The Hall–Kier alpha value is -4.18. The number of hydrogen-bond donors (Lipinski definition) is 2. The molecular weight excluding hydrogens is 458 g/mol. The number of nitrogens with zero attached hydrogens (tertiary/aromatic N) is 5. The first-order chi connectivity index (χ1) is 17.5. The van der Waals surface area contributed by atoms with Gasteiger partial charge in [-0.3, -0.25) is 9.69 Å². The van der Waals surface area contributed by atoms with Gasteiger partial charge in [0.1, 0.15) is 29.3 Å². The molecule has 0 saturated carbocycles. The molecule has 1 amide bonds. The molecule has 1 fully saturated rings. The zero-order chi connectivity index (χ0) is 25.2. The summed E-state index contributed by atoms with van der Waals surface area (Å²) in [6, 6.07) is 13.2. The second-order valence-electron chi connectivity index (χ2n) is 8.64. The van der Waals surface area contributed by atoms with Crippen molar-refractivity contribution >= 4 is 34.1 Å². The van der Waals surface area contributed by atoms with Gasteiger partial charge in [-0.25, -0.2) is 14.6 Å². The number of methoxy groups -OCH3 is 2. The normalized spacial score (nSPS) is 14.1. The predicted molar refractivity (Wildman–Crippen MR) is 139 cm³/mol. The lowest BCUT2D eigenvalue weighted by Gasteiger charge is -2.25. The van der Waals surface area contributed by atoms with E-state index in [0.29, 0.717) is 45.4 Å². The first-order valence-corrected chi connectivity index (χ1v) is 11.8. The second-order valence-corrected chi connectivity index (χ2v) is 8.64. The van der Waals surface area contributed by atoms with Crippen LogP contribution in [0.25, 0.3) is 22.3 Å². The van der Waals surface area contributed by atoms with E-state index in [4.69, 9.17) is 20.3 Å². The minimum atomic E-state index is -0.177. The lowest BCUT2D eigenvalue weighted by Crippen LogP contribution is -2.30. The third-order valence-corrected chi connectivity index (χ3v) is 6.51. The number of nitrogens with one attached hydrogen (secondary N) is 1. The molecule has 3 heterocycles. The molecule has 1 aliphatic heterocycles. The van der Waals surface area contributed by atoms with Gasteiger partial charge in [0, 0.05) is 12.5 Å². The first-order valence-electron chi connectivity index (χ1n) is 11.8. The third-order valence-electron chi connectivity index (χ3n) is 6.51. The van der Waals surface area contributed by atoms with E-state index in [1.165, 1.54) is 13.3 Å². The van der Waals surface area contributed by atoms with Crippen molar-refractivity contribution in [2.75, 3.05) is 37.9 Å². The Labute approximate surface area is 209 Å². The summed E-state index contributed by atoms with van der Waals surface area (Å²) < 4.78 is 13.2. The van der Waals surface area contributed by atoms with Crippen LogP contribution in [0, 0.1) is 0 Å². The summed E-state index contributed by atoms with van der Waals surface area (Å²) in [7, 11) is 3.15. The van der Waals surface area contributed by atoms with Gasteiger partial charge in [0.2, 0.25) is 5.91 Å². The number of nitrogen functional groups attached to an aromatic ring is 1. The maximum atomic E-state index is 12.8. The summed E-state index contributed by atoms with van der Waals surface area (Å²) in [6.07, 6.45) is 3.38. The number of anilines is 3. The molecule has 2 aromatic heterocycles. The Balaban J connectivity index is 1.64. The van der Waals surface area contributed by atoms with Crippen LogP contribution in [0.2, 0.25) is 0 Å². The highest BCUT2D eigenvalue weighted by atomic mass is 16.5. The van der Waals surface area contributed by atoms with Gasteiger partial charge in [0.05, 0.1) is 37.0 Å². The molecule has 0 bridgehead atoms. The van der Waals surface area contributed by atoms with Crippen LogP contribution in [-0.4, -0.2) is 53.0 Å². The summed E-state index contributed by atoms with van der Waals surface area (Å²) in [5.74, 6) is 1.28. The van der Waals surface area contributed by atoms with E-state index in [9.17, 15) is 4.79 Å². The zero-order valence-electron chi connectivity index (χ0n) is 20.6. The average Bonchev–Trinajstić information content (AvgIpc) is 3.30. The molecule has 36 heavy (non-hydrogen) atoms. The van der Waals surface area contributed by atoms with E-state index < -0.39 is 0 Å². The molecule has 0 radical (unpaired) electrons. The lowest BCUT2D eigenvalue weighted by molar-refractivity contribution is -0.115. The monoisotopic (exact) mass is 487 g/mol. The third kappa shape index (κ3) is 4.09. The van der Waals surface area contributed by atoms with Crippen LogP contribution in [0.15, 0.2) is 48.8 Å². The van der Waals surface area contributed by atoms with Gasteiger partial charge in [-0.05, 0) is 50.2 Å². The zero-order valence-corrected chi connectivity index (χ0v) is 20.6. The van der Waals surface area contributed by atoms with E-state index >= 15 is 0 Å². The van der Waals surface area contributed by atoms with Crippen molar-refractivity contribution in [1.82, 2.24) is 25.1 Å². The first kappa shape index (κ1) is 23.6. The number of ether oxygens (including phenoxy) is 2. The number of benzene rings is 2. The number of rotatable bonds is 6. The molecule has 1 saturated heterocycles. The Bertz CT molecular complexity index is 1410. The highest BCUT2D eigenvalue weighted by Crippen LogP contribution is 2.42. The number of hydrogen-bond acceptors (Lipinski definition) is 8. The van der Waals surface area contributed by atoms with Crippen molar-refractivity contribution in [3.05, 3.63) is 48.8 Å². The largest absolute Gasteiger partial charge is 0.495 e. The molecule has 1 aliphatic rings. The average molecular weight is 488 g/mol. The SMILES string of the molecule is COc1ccccc1N(C(C)=O)c1ccc(-c2nn(C3CCNCC3)c3ncnc(N)c23)cc1OC. The Morgan fingerprint density at radius 3 is 2.50 bits per heavy atom. The number of carbonyl (C=O) groups excluding carboxylic acids is 1. The molecule has 0 atom stereocenters. The van der Waals surface area contributed by atoms with Crippen molar-refractivity contribution in [2.24, 2.45) is 0 Å². The van der Waals surface area contributed by atoms with Gasteiger partial charge < -0.3 is 20.5 Å². The Morgan fingerprint density at radius 2 is 1.78 bits per heavy atom. The molecule has 10 nitrogen and oxygen atoms in total. The van der Waals surface area contributed by atoms with Crippen molar-refractivity contribution in [3.63, 3.8) is 0 Å². The van der Waals surface area contributed by atoms with Crippen LogP contribution < -0.4 is 25.4 Å². The van der Waals surface area contributed by atoms with Gasteiger partial charge in [0.25, 0.3) is 0 Å². The van der Waals surface area contributed by atoms with Crippen LogP contribution in [-0.2, 0) is 4.79 Å². The van der Waals surface area contributed by atoms with E-state index in [1.54, 1.807) is 19.1 Å². The van der Waals surface area contributed by atoms with Crippen LogP contribution >= 0.6 is 0 Å². The molecule has 5 rings (SSSR count). The second kappa shape index (κ2) is 9.82. The molecule has 0 aliphatic carbocycles. The number of piperidine rings is 1. The number of nitrogens with two attached hydrogens (primary N) is 1. The molecule has 4 aromatic rings. The van der Waals surface area contributed by atoms with Gasteiger partial charge in [-0.2, -0.15) is 5.10 Å². The fourth-order valence-corrected chi connectivity index (χ4v) is 4.80. The number of carbonyl (C=O) groups is 1. The summed E-state index contributed by atoms with van der Waals surface area (Å²) in [5.41, 5.74) is 9.71. The van der Waals surface area contributed by atoms with Crippen molar-refractivity contribution in [3.8, 4) is 22.8 Å². The molecule has 0 spiro atoms. The summed E-state index contributed by atoms with van der Waals surface area (Å²) in [6.45, 7) is 3.36. The van der Waals surface area contributed by atoms with Crippen LogP contribution in [0.3, 0.4) is 0 Å². The maximum absolute atomic E-state index is 12.8. The highest BCUT2D eigenvalue weighted by molar-refractivity contribution is 6.03. The van der Waals surface area contributed by atoms with Gasteiger partial charge in [-0.15, -0.1) is 0 Å². The molecule has 0 unspecified atom stereocenters. The minimum Gasteiger partial charge on any atom is -0.495 e. The summed E-state index contributed by atoms with van der Waals surface area (Å²) >= 11 is 0. The number of fused-ring (bicyclic) bond motifs is 1. The van der Waals surface area contributed by atoms with E-state index in [1.807, 2.05) is 47.1 Å². The predicted octanol–water partition coefficient (Wildman–Crippen LogP) is 3.70. The number of amides is 1. The number of aromatic nitrogens is 4. The van der Waals surface area contributed by atoms with Gasteiger partial charge >= 0.3 is 0 Å². The summed E-state index contributed by atoms with van der Waals surface area (Å²) in [4.78, 5) is 23.1. The van der Waals surface area contributed by atoms with E-state index in [2.05, 4.69) is 15.3 Å². The topological polar surface area (TPSA) is 120 Å². The minimum absolute atomic E-state index is 0.177. The molecule has 186 valence electrons. The molecule has 10 heteroatoms. The van der Waals surface area contributed by atoms with E-state index in [0.717, 1.165) is 31.5 Å². The quantitative estimate of drug-likeness (QED) is 0.422. The standard InChI is InChI=1S/C26H29N7O3/c1-16(34)32(19-6-4-5-7-21(19)35-2)20-9-8-17(14-22(20)36-3)24-23-25(27)29-15-30-26(23)33(31-24)18-10-12-28-13-11-18/h4-9,14-15,18,28H,10-13H2,1-3H3,(H2,27,29,30). The van der Waals surface area contributed by atoms with Crippen LogP contribution in [0.4, 0.5) is 17.2 Å². The fourth-order valence-electron chi connectivity index (χ4n) is 4.80. The van der Waals surface area contributed by atoms with Crippen molar-refractivity contribution in [2.45, 2.75) is 25.8 Å². The van der Waals surface area contributed by atoms with Crippen LogP contribution in [0.1, 0.15) is 25.8 Å². The van der Waals surface area contributed by atoms with Crippen molar-refractivity contribution in [1.29, 1.82) is 0 Å². The van der Waals surface area contributed by atoms with Crippen molar-refractivity contribution < 1.29 is 14.3 Å². The maximum Gasteiger partial charge on any atom is 0.228 e. The lowest BCUT2D eigenvalue weighted by atomic mass is 10.1. The Kier molecular flexibility index (Phi) is 6.43. The van der Waals surface area contributed by atoms with Crippen LogP contribution in [0.5, 0.6) is 11.5 Å². The molecule has 3 N–H and O–H groups in total. The highest BCUT2D eigenvalue weighted by Gasteiger charge is 2.26. The van der Waals surface area contributed by atoms with Gasteiger partial charge in [-0.1, -0.05) is 18.2 Å². The summed E-state index contributed by atoms with van der Waals surface area (Å²) in [5, 5.41) is 9.06. The number of para-hydroxylation sites is 2. The van der Waals surface area contributed by atoms with E-state index in [-0.39, 0.29) is 11.9 Å². The molecule has 2 aromatic carbocycles. The van der Waals surface area contributed by atoms with Gasteiger partial charge in [0.15, 0.2) is 5.65 Å². The Morgan fingerprint density at radius 1 is 1.06 bits per heavy atom. The fraction of sp³-hybridized carbons (Fsp3) is 0.308. The molecular formula is C26H29N7O3. The smallest absolute Gasteiger partial charge is 0.228 e.